The van der Waals surface area contributed by atoms with Gasteiger partial charge in [-0.15, -0.1) is 0 Å². The van der Waals surface area contributed by atoms with Crippen molar-refractivity contribution in [3.63, 3.8) is 0 Å². The smallest absolute Gasteiger partial charge is 0.155 e. The van der Waals surface area contributed by atoms with Gasteiger partial charge >= 0.3 is 0 Å². The summed E-state index contributed by atoms with van der Waals surface area (Å²) in [5.74, 6) is -0.370. The molecule has 0 rings (SSSR count). The first kappa shape index (κ1) is 18.9. The van der Waals surface area contributed by atoms with Crippen LogP contribution in [-0.2, 0) is 28.6 Å². The maximum absolute atomic E-state index is 10.8. The molecule has 0 saturated carbocycles. The molecular formula is C13H23NO6. The van der Waals surface area contributed by atoms with E-state index in [0.29, 0.717) is 0 Å². The molecule has 0 bridgehead atoms. The quantitative estimate of drug-likeness (QED) is 0.516. The number of nitrogens with two attached hydrogens (primary N) is 1. The molecule has 0 saturated heterocycles. The van der Waals surface area contributed by atoms with E-state index in [1.54, 1.807) is 0 Å². The highest BCUT2D eigenvalue weighted by molar-refractivity contribution is 5.77. The topological polar surface area (TPSA) is 105 Å². The first-order valence-corrected chi connectivity index (χ1v) is 6.25. The zero-order chi connectivity index (χ0) is 15.6. The number of hydrogen-bond donors (Lipinski definition) is 1. The zero-order valence-corrected chi connectivity index (χ0v) is 12.3. The van der Waals surface area contributed by atoms with Crippen LogP contribution < -0.4 is 5.73 Å². The average Bonchev–Trinajstić information content (AvgIpc) is 2.27. The van der Waals surface area contributed by atoms with Gasteiger partial charge in [0.05, 0.1) is 25.4 Å². The number of ketones is 3. The number of rotatable bonds is 12. The Labute approximate surface area is 118 Å². The van der Waals surface area contributed by atoms with Gasteiger partial charge in [-0.3, -0.25) is 14.4 Å². The molecule has 116 valence electrons. The Balaban J connectivity index is 4.28. The predicted octanol–water partition coefficient (Wildman–Crippen LogP) is -0.499. The molecule has 0 fully saturated rings. The van der Waals surface area contributed by atoms with Gasteiger partial charge in [-0.2, -0.15) is 0 Å². The van der Waals surface area contributed by atoms with Crippen molar-refractivity contribution >= 4 is 17.3 Å². The standard InChI is InChI=1S/C13H23NO6/c1-10(15)4-18-7-13(14,8-19-5-11(2)16)9-20-6-12(3)17/h4-9,14H2,1-3H3. The Hall–Kier alpha value is -1.15. The summed E-state index contributed by atoms with van der Waals surface area (Å²) in [6, 6.07) is 0. The number of carbonyl (C=O) groups is 3. The maximum atomic E-state index is 10.8. The fourth-order valence-electron chi connectivity index (χ4n) is 1.32. The zero-order valence-electron chi connectivity index (χ0n) is 12.3. The molecule has 0 aliphatic heterocycles. The van der Waals surface area contributed by atoms with Crippen LogP contribution in [0.5, 0.6) is 0 Å². The molecule has 0 atom stereocenters. The number of ether oxygens (including phenoxy) is 3. The van der Waals surface area contributed by atoms with Gasteiger partial charge in [0.2, 0.25) is 0 Å². The Bertz CT molecular complexity index is 291. The lowest BCUT2D eigenvalue weighted by molar-refractivity contribution is -0.125. The molecule has 0 unspecified atom stereocenters. The summed E-state index contributed by atoms with van der Waals surface area (Å²) >= 11 is 0. The molecule has 7 heteroatoms. The van der Waals surface area contributed by atoms with Crippen LogP contribution in [0.2, 0.25) is 0 Å². The van der Waals surface area contributed by atoms with E-state index in [2.05, 4.69) is 0 Å². The van der Waals surface area contributed by atoms with Crippen LogP contribution in [0.25, 0.3) is 0 Å². The van der Waals surface area contributed by atoms with Gasteiger partial charge in [-0.1, -0.05) is 0 Å². The molecule has 20 heavy (non-hydrogen) atoms. The SMILES string of the molecule is CC(=O)COCC(N)(COCC(C)=O)COCC(C)=O. The van der Waals surface area contributed by atoms with E-state index in [0.717, 1.165) is 0 Å². The monoisotopic (exact) mass is 289 g/mol. The Morgan fingerprint density at radius 3 is 1.20 bits per heavy atom. The van der Waals surface area contributed by atoms with Crippen molar-refractivity contribution in [2.75, 3.05) is 39.6 Å². The van der Waals surface area contributed by atoms with Crippen molar-refractivity contribution in [2.45, 2.75) is 26.3 Å². The van der Waals surface area contributed by atoms with Crippen molar-refractivity contribution in [3.8, 4) is 0 Å². The molecule has 0 radical (unpaired) electrons. The highest BCUT2D eigenvalue weighted by atomic mass is 16.5. The van der Waals surface area contributed by atoms with Gasteiger partial charge in [0.15, 0.2) is 17.3 Å². The van der Waals surface area contributed by atoms with E-state index in [4.69, 9.17) is 19.9 Å². The third-order valence-corrected chi connectivity index (χ3v) is 2.08. The van der Waals surface area contributed by atoms with E-state index in [1.165, 1.54) is 20.8 Å². The van der Waals surface area contributed by atoms with Crippen LogP contribution in [0.4, 0.5) is 0 Å². The number of hydrogen-bond acceptors (Lipinski definition) is 7. The van der Waals surface area contributed by atoms with Crippen LogP contribution in [0.3, 0.4) is 0 Å². The Kier molecular flexibility index (Phi) is 9.15. The average molecular weight is 289 g/mol. The summed E-state index contributed by atoms with van der Waals surface area (Å²) in [6.07, 6.45) is 0. The predicted molar refractivity (Wildman–Crippen MR) is 71.4 cm³/mol. The lowest BCUT2D eigenvalue weighted by Crippen LogP contribution is -2.53. The molecule has 0 spiro atoms. The van der Waals surface area contributed by atoms with Crippen LogP contribution in [0, 0.1) is 0 Å². The summed E-state index contributed by atoms with van der Waals surface area (Å²) in [5.41, 5.74) is 5.03. The van der Waals surface area contributed by atoms with Gasteiger partial charge in [-0.25, -0.2) is 0 Å². The minimum absolute atomic E-state index is 0.0301. The van der Waals surface area contributed by atoms with Gasteiger partial charge in [0.25, 0.3) is 0 Å². The van der Waals surface area contributed by atoms with Crippen molar-refractivity contribution in [1.82, 2.24) is 0 Å². The number of carbonyl (C=O) groups excluding carboxylic acids is 3. The van der Waals surface area contributed by atoms with Crippen molar-refractivity contribution in [1.29, 1.82) is 0 Å². The second-order valence-electron chi connectivity index (χ2n) is 4.95. The minimum Gasteiger partial charge on any atom is -0.372 e. The highest BCUT2D eigenvalue weighted by Gasteiger charge is 2.27. The molecule has 0 aromatic heterocycles. The lowest BCUT2D eigenvalue weighted by Gasteiger charge is -2.28. The Morgan fingerprint density at radius 1 is 0.750 bits per heavy atom. The molecule has 0 aliphatic rings. The van der Waals surface area contributed by atoms with Crippen LogP contribution in [-0.4, -0.2) is 62.5 Å². The normalized spacial score (nSPS) is 11.4. The van der Waals surface area contributed by atoms with Crippen LogP contribution in [0.15, 0.2) is 0 Å². The van der Waals surface area contributed by atoms with Crippen molar-refractivity contribution < 1.29 is 28.6 Å². The van der Waals surface area contributed by atoms with E-state index < -0.39 is 5.54 Å². The van der Waals surface area contributed by atoms with E-state index >= 15 is 0 Å². The number of Topliss-reactive ketones (excluding diaryl/α,β-unsaturated/α-hetero) is 3. The van der Waals surface area contributed by atoms with Crippen LogP contribution >= 0.6 is 0 Å². The second-order valence-corrected chi connectivity index (χ2v) is 4.95. The maximum Gasteiger partial charge on any atom is 0.155 e. The summed E-state index contributed by atoms with van der Waals surface area (Å²) in [7, 11) is 0. The first-order valence-electron chi connectivity index (χ1n) is 6.25. The highest BCUT2D eigenvalue weighted by Crippen LogP contribution is 2.05. The fraction of sp³-hybridized carbons (Fsp3) is 0.769. The van der Waals surface area contributed by atoms with Gasteiger partial charge in [0, 0.05) is 0 Å². The first-order chi connectivity index (χ1) is 9.25. The molecule has 0 aromatic rings. The van der Waals surface area contributed by atoms with E-state index in [-0.39, 0.29) is 57.0 Å². The van der Waals surface area contributed by atoms with Crippen LogP contribution in [0.1, 0.15) is 20.8 Å². The summed E-state index contributed by atoms with van der Waals surface area (Å²) < 4.78 is 15.5. The Morgan fingerprint density at radius 2 is 1.00 bits per heavy atom. The summed E-state index contributed by atoms with van der Waals surface area (Å²) in [4.78, 5) is 32.5. The largest absolute Gasteiger partial charge is 0.372 e. The molecule has 0 aromatic carbocycles. The second kappa shape index (κ2) is 9.71. The van der Waals surface area contributed by atoms with Gasteiger partial charge < -0.3 is 19.9 Å². The molecular weight excluding hydrogens is 266 g/mol. The minimum atomic E-state index is -1.01. The van der Waals surface area contributed by atoms with E-state index in [9.17, 15) is 14.4 Å². The molecule has 0 amide bonds. The molecule has 2 N–H and O–H groups in total. The summed E-state index contributed by atoms with van der Waals surface area (Å²) in [6.45, 7) is 4.12. The van der Waals surface area contributed by atoms with Gasteiger partial charge in [0.1, 0.15) is 19.8 Å². The van der Waals surface area contributed by atoms with Crippen molar-refractivity contribution in [3.05, 3.63) is 0 Å². The summed E-state index contributed by atoms with van der Waals surface area (Å²) in [5, 5.41) is 0. The van der Waals surface area contributed by atoms with Gasteiger partial charge in [-0.05, 0) is 20.8 Å². The molecule has 7 nitrogen and oxygen atoms in total. The molecule has 0 aliphatic carbocycles. The lowest BCUT2D eigenvalue weighted by atomic mass is 10.1. The van der Waals surface area contributed by atoms with Crippen molar-refractivity contribution in [2.24, 2.45) is 5.73 Å². The molecule has 0 heterocycles. The van der Waals surface area contributed by atoms with E-state index in [1.807, 2.05) is 0 Å². The third-order valence-electron chi connectivity index (χ3n) is 2.08. The fourth-order valence-corrected chi connectivity index (χ4v) is 1.32. The third kappa shape index (κ3) is 10.7.